The van der Waals surface area contributed by atoms with Gasteiger partial charge >= 0.3 is 0 Å². The molecule has 16 heavy (non-hydrogen) atoms. The number of rotatable bonds is 6. The molecule has 0 aliphatic heterocycles. The van der Waals surface area contributed by atoms with Gasteiger partial charge in [-0.05, 0) is 25.0 Å². The fourth-order valence-electron chi connectivity index (χ4n) is 1.49. The fourth-order valence-corrected chi connectivity index (χ4v) is 1.49. The maximum Gasteiger partial charge on any atom is 0.148 e. The van der Waals surface area contributed by atoms with Crippen LogP contribution in [0.2, 0.25) is 0 Å². The molecule has 0 saturated heterocycles. The van der Waals surface area contributed by atoms with Crippen LogP contribution in [0.5, 0.6) is 0 Å². The van der Waals surface area contributed by atoms with Crippen LogP contribution < -0.4 is 11.1 Å². The number of aliphatic hydroxyl groups is 1. The van der Waals surface area contributed by atoms with E-state index in [1.165, 1.54) is 0 Å². The summed E-state index contributed by atoms with van der Waals surface area (Å²) in [6.45, 7) is 5.02. The third-order valence-electron chi connectivity index (χ3n) is 3.17. The van der Waals surface area contributed by atoms with Crippen molar-refractivity contribution in [2.24, 2.45) is 5.41 Å². The first-order valence-corrected chi connectivity index (χ1v) is 5.59. The minimum absolute atomic E-state index is 0.0803. The summed E-state index contributed by atoms with van der Waals surface area (Å²) >= 11 is 0. The summed E-state index contributed by atoms with van der Waals surface area (Å²) < 4.78 is 0. The minimum atomic E-state index is -0.0803. The second kappa shape index (κ2) is 5.65. The molecule has 5 heteroatoms. The SMILES string of the molecule is CCC(CC)(CO)CNc1ccc(N)nn1. The van der Waals surface area contributed by atoms with Gasteiger partial charge < -0.3 is 16.2 Å². The van der Waals surface area contributed by atoms with Gasteiger partial charge in [-0.2, -0.15) is 0 Å². The zero-order chi connectivity index (χ0) is 12.0. The van der Waals surface area contributed by atoms with Crippen molar-refractivity contribution >= 4 is 11.6 Å². The van der Waals surface area contributed by atoms with E-state index < -0.39 is 0 Å². The Balaban J connectivity index is 2.58. The third kappa shape index (κ3) is 3.06. The highest BCUT2D eigenvalue weighted by Crippen LogP contribution is 2.25. The maximum absolute atomic E-state index is 9.40. The van der Waals surface area contributed by atoms with Crippen LogP contribution in [-0.4, -0.2) is 28.5 Å². The lowest BCUT2D eigenvalue weighted by atomic mass is 9.83. The summed E-state index contributed by atoms with van der Waals surface area (Å²) in [7, 11) is 0. The zero-order valence-electron chi connectivity index (χ0n) is 9.90. The van der Waals surface area contributed by atoms with E-state index >= 15 is 0 Å². The number of anilines is 2. The smallest absolute Gasteiger partial charge is 0.148 e. The molecular weight excluding hydrogens is 204 g/mol. The number of aliphatic hydroxyl groups excluding tert-OH is 1. The minimum Gasteiger partial charge on any atom is -0.396 e. The molecule has 0 aromatic carbocycles. The van der Waals surface area contributed by atoms with Crippen LogP contribution in [0.15, 0.2) is 12.1 Å². The molecule has 0 amide bonds. The highest BCUT2D eigenvalue weighted by atomic mass is 16.3. The summed E-state index contributed by atoms with van der Waals surface area (Å²) in [5.74, 6) is 1.10. The number of nitrogens with zero attached hydrogens (tertiary/aromatic N) is 2. The number of hydrogen-bond donors (Lipinski definition) is 3. The van der Waals surface area contributed by atoms with Crippen molar-refractivity contribution < 1.29 is 5.11 Å². The van der Waals surface area contributed by atoms with Crippen LogP contribution in [-0.2, 0) is 0 Å². The van der Waals surface area contributed by atoms with E-state index in [1.807, 2.05) is 0 Å². The first kappa shape index (κ1) is 12.7. The molecule has 1 aromatic rings. The molecule has 4 N–H and O–H groups in total. The van der Waals surface area contributed by atoms with E-state index in [4.69, 9.17) is 5.73 Å². The normalized spacial score (nSPS) is 11.4. The van der Waals surface area contributed by atoms with E-state index in [0.717, 1.165) is 12.8 Å². The highest BCUT2D eigenvalue weighted by molar-refractivity contribution is 5.38. The molecular formula is C11H20N4O. The van der Waals surface area contributed by atoms with E-state index in [2.05, 4.69) is 29.4 Å². The first-order valence-electron chi connectivity index (χ1n) is 5.59. The Bertz CT molecular complexity index is 300. The number of nitrogen functional groups attached to an aromatic ring is 1. The molecule has 0 fully saturated rings. The van der Waals surface area contributed by atoms with Crippen LogP contribution in [0.4, 0.5) is 11.6 Å². The second-order valence-electron chi connectivity index (χ2n) is 4.06. The Hall–Kier alpha value is -1.36. The molecule has 1 rings (SSSR count). The van der Waals surface area contributed by atoms with Gasteiger partial charge in [0, 0.05) is 12.0 Å². The lowest BCUT2D eigenvalue weighted by Crippen LogP contribution is -2.32. The molecule has 0 aliphatic carbocycles. The molecule has 5 nitrogen and oxygen atoms in total. The second-order valence-corrected chi connectivity index (χ2v) is 4.06. The molecule has 0 saturated carbocycles. The van der Waals surface area contributed by atoms with Crippen molar-refractivity contribution in [2.75, 3.05) is 24.2 Å². The molecule has 0 bridgehead atoms. The quantitative estimate of drug-likeness (QED) is 0.677. The Morgan fingerprint density at radius 1 is 1.31 bits per heavy atom. The Morgan fingerprint density at radius 2 is 2.00 bits per heavy atom. The Kier molecular flexibility index (Phi) is 4.49. The average Bonchev–Trinajstić information content (AvgIpc) is 2.34. The van der Waals surface area contributed by atoms with Gasteiger partial charge in [-0.15, -0.1) is 10.2 Å². The lowest BCUT2D eigenvalue weighted by molar-refractivity contribution is 0.127. The predicted molar refractivity (Wildman–Crippen MR) is 65.0 cm³/mol. The van der Waals surface area contributed by atoms with Gasteiger partial charge in [0.15, 0.2) is 0 Å². The zero-order valence-corrected chi connectivity index (χ0v) is 9.90. The largest absolute Gasteiger partial charge is 0.396 e. The van der Waals surface area contributed by atoms with Crippen LogP contribution in [0, 0.1) is 5.41 Å². The molecule has 0 unspecified atom stereocenters. The molecule has 0 spiro atoms. The molecule has 0 aliphatic rings. The van der Waals surface area contributed by atoms with Crippen molar-refractivity contribution in [1.82, 2.24) is 10.2 Å². The molecule has 1 aromatic heterocycles. The maximum atomic E-state index is 9.40. The standard InChI is InChI=1S/C11H20N4O/c1-3-11(4-2,8-16)7-13-10-6-5-9(12)14-15-10/h5-6,16H,3-4,7-8H2,1-2H3,(H2,12,14)(H,13,15). The fraction of sp³-hybridized carbons (Fsp3) is 0.636. The summed E-state index contributed by atoms with van der Waals surface area (Å²) in [5, 5.41) is 20.3. The van der Waals surface area contributed by atoms with Crippen molar-refractivity contribution in [1.29, 1.82) is 0 Å². The predicted octanol–water partition coefficient (Wildman–Crippen LogP) is 1.27. The summed E-state index contributed by atoms with van der Waals surface area (Å²) in [5.41, 5.74) is 5.37. The molecule has 1 heterocycles. The van der Waals surface area contributed by atoms with Gasteiger partial charge in [-0.1, -0.05) is 13.8 Å². The highest BCUT2D eigenvalue weighted by Gasteiger charge is 2.24. The summed E-state index contributed by atoms with van der Waals surface area (Å²) in [4.78, 5) is 0. The van der Waals surface area contributed by atoms with Crippen molar-refractivity contribution in [3.05, 3.63) is 12.1 Å². The number of nitrogens with one attached hydrogen (secondary N) is 1. The van der Waals surface area contributed by atoms with E-state index in [1.54, 1.807) is 12.1 Å². The van der Waals surface area contributed by atoms with Crippen LogP contribution in [0.3, 0.4) is 0 Å². The van der Waals surface area contributed by atoms with Gasteiger partial charge in [0.1, 0.15) is 11.6 Å². The monoisotopic (exact) mass is 224 g/mol. The first-order chi connectivity index (χ1) is 7.65. The van der Waals surface area contributed by atoms with E-state index in [-0.39, 0.29) is 12.0 Å². The lowest BCUT2D eigenvalue weighted by Gasteiger charge is -2.29. The topological polar surface area (TPSA) is 84.1 Å². The van der Waals surface area contributed by atoms with Gasteiger partial charge in [0.25, 0.3) is 0 Å². The van der Waals surface area contributed by atoms with Gasteiger partial charge in [-0.25, -0.2) is 0 Å². The van der Waals surface area contributed by atoms with E-state index in [0.29, 0.717) is 18.2 Å². The average molecular weight is 224 g/mol. The summed E-state index contributed by atoms with van der Waals surface area (Å²) in [6, 6.07) is 3.49. The molecule has 90 valence electrons. The van der Waals surface area contributed by atoms with Crippen molar-refractivity contribution in [3.63, 3.8) is 0 Å². The third-order valence-corrected chi connectivity index (χ3v) is 3.17. The van der Waals surface area contributed by atoms with Crippen molar-refractivity contribution in [2.45, 2.75) is 26.7 Å². The van der Waals surface area contributed by atoms with Crippen LogP contribution >= 0.6 is 0 Å². The molecule has 0 radical (unpaired) electrons. The van der Waals surface area contributed by atoms with Gasteiger partial charge in [0.2, 0.25) is 0 Å². The van der Waals surface area contributed by atoms with Crippen LogP contribution in [0.25, 0.3) is 0 Å². The van der Waals surface area contributed by atoms with Gasteiger partial charge in [0.05, 0.1) is 6.61 Å². The van der Waals surface area contributed by atoms with E-state index in [9.17, 15) is 5.11 Å². The number of hydrogen-bond acceptors (Lipinski definition) is 5. The van der Waals surface area contributed by atoms with Crippen molar-refractivity contribution in [3.8, 4) is 0 Å². The Labute approximate surface area is 96.1 Å². The Morgan fingerprint density at radius 3 is 2.44 bits per heavy atom. The summed E-state index contributed by atoms with van der Waals surface area (Å²) in [6.07, 6.45) is 1.85. The van der Waals surface area contributed by atoms with Gasteiger partial charge in [-0.3, -0.25) is 0 Å². The van der Waals surface area contributed by atoms with Crippen LogP contribution in [0.1, 0.15) is 26.7 Å². The molecule has 0 atom stereocenters. The number of nitrogens with two attached hydrogens (primary N) is 1. The number of aromatic nitrogens is 2.